The third-order valence-corrected chi connectivity index (χ3v) is 2.96. The molecule has 0 aromatic heterocycles. The Morgan fingerprint density at radius 2 is 2.19 bits per heavy atom. The summed E-state index contributed by atoms with van der Waals surface area (Å²) in [5, 5.41) is 0. The molecule has 1 aliphatic rings. The lowest BCUT2D eigenvalue weighted by Crippen LogP contribution is -2.13. The number of benzene rings is 1. The fourth-order valence-electron chi connectivity index (χ4n) is 1.70. The summed E-state index contributed by atoms with van der Waals surface area (Å²) in [6.07, 6.45) is 0. The van der Waals surface area contributed by atoms with Gasteiger partial charge in [-0.25, -0.2) is 4.99 Å². The number of ether oxygens (including phenoxy) is 1. The van der Waals surface area contributed by atoms with Gasteiger partial charge in [0.05, 0.1) is 6.04 Å². The average Bonchev–Trinajstić information content (AvgIpc) is 2.71. The molecule has 86 valence electrons. The van der Waals surface area contributed by atoms with Gasteiger partial charge in [-0.05, 0) is 36.6 Å². The van der Waals surface area contributed by atoms with Gasteiger partial charge in [0, 0.05) is 11.3 Å². The summed E-state index contributed by atoms with van der Waals surface area (Å²) in [4.78, 5) is 4.58. The van der Waals surface area contributed by atoms with E-state index in [1.54, 1.807) is 0 Å². The molecule has 16 heavy (non-hydrogen) atoms. The average molecular weight is 218 g/mol. The van der Waals surface area contributed by atoms with Crippen LogP contribution in [0.4, 0.5) is 5.69 Å². The van der Waals surface area contributed by atoms with Gasteiger partial charge in [-0.3, -0.25) is 0 Å². The second-order valence-electron chi connectivity index (χ2n) is 4.63. The summed E-state index contributed by atoms with van der Waals surface area (Å²) in [5.74, 6) is 1.27. The van der Waals surface area contributed by atoms with Gasteiger partial charge >= 0.3 is 0 Å². The van der Waals surface area contributed by atoms with Gasteiger partial charge in [-0.1, -0.05) is 13.8 Å². The molecular formula is C13H18N2O. The lowest BCUT2D eigenvalue weighted by Gasteiger charge is -2.06. The van der Waals surface area contributed by atoms with Crippen molar-refractivity contribution < 1.29 is 4.74 Å². The van der Waals surface area contributed by atoms with Gasteiger partial charge < -0.3 is 10.5 Å². The highest BCUT2D eigenvalue weighted by Crippen LogP contribution is 2.20. The minimum atomic E-state index is 0.285. The molecule has 1 aromatic rings. The lowest BCUT2D eigenvalue weighted by atomic mass is 10.1. The highest BCUT2D eigenvalue weighted by molar-refractivity contribution is 5.95. The van der Waals surface area contributed by atoms with Crippen molar-refractivity contribution in [3.05, 3.63) is 29.3 Å². The van der Waals surface area contributed by atoms with Crippen LogP contribution in [0, 0.1) is 12.8 Å². The van der Waals surface area contributed by atoms with Crippen molar-refractivity contribution in [2.75, 3.05) is 12.3 Å². The first-order chi connectivity index (χ1) is 7.58. The fourth-order valence-corrected chi connectivity index (χ4v) is 1.70. The topological polar surface area (TPSA) is 47.6 Å². The monoisotopic (exact) mass is 218 g/mol. The molecular weight excluding hydrogens is 200 g/mol. The third-order valence-electron chi connectivity index (χ3n) is 2.96. The van der Waals surface area contributed by atoms with Gasteiger partial charge in [0.1, 0.15) is 6.61 Å². The maximum absolute atomic E-state index is 5.78. The molecule has 2 N–H and O–H groups in total. The Labute approximate surface area is 96.3 Å². The van der Waals surface area contributed by atoms with E-state index in [0.29, 0.717) is 12.5 Å². The molecule has 1 heterocycles. The largest absolute Gasteiger partial charge is 0.475 e. The number of nitrogens with zero attached hydrogens (tertiary/aromatic N) is 1. The molecule has 0 bridgehead atoms. The first-order valence-corrected chi connectivity index (χ1v) is 5.65. The molecule has 1 atom stereocenters. The van der Waals surface area contributed by atoms with Gasteiger partial charge in [0.25, 0.3) is 0 Å². The molecule has 0 saturated carbocycles. The minimum Gasteiger partial charge on any atom is -0.475 e. The highest BCUT2D eigenvalue weighted by Gasteiger charge is 2.22. The summed E-state index contributed by atoms with van der Waals surface area (Å²) < 4.78 is 5.62. The minimum absolute atomic E-state index is 0.285. The number of hydrogen-bond acceptors (Lipinski definition) is 3. The van der Waals surface area contributed by atoms with Crippen molar-refractivity contribution >= 4 is 11.6 Å². The Morgan fingerprint density at radius 1 is 1.44 bits per heavy atom. The molecule has 3 nitrogen and oxygen atoms in total. The van der Waals surface area contributed by atoms with Crippen molar-refractivity contribution in [3.8, 4) is 0 Å². The van der Waals surface area contributed by atoms with Crippen LogP contribution in [0.15, 0.2) is 23.2 Å². The fraction of sp³-hybridized carbons (Fsp3) is 0.462. The van der Waals surface area contributed by atoms with E-state index in [0.717, 1.165) is 22.7 Å². The van der Waals surface area contributed by atoms with Crippen LogP contribution in [-0.4, -0.2) is 18.5 Å². The number of anilines is 1. The van der Waals surface area contributed by atoms with Crippen LogP contribution in [0.1, 0.15) is 25.0 Å². The van der Waals surface area contributed by atoms with Gasteiger partial charge in [-0.15, -0.1) is 0 Å². The van der Waals surface area contributed by atoms with Crippen molar-refractivity contribution in [2.24, 2.45) is 10.9 Å². The first kappa shape index (κ1) is 11.0. The zero-order valence-electron chi connectivity index (χ0n) is 10.0. The predicted octanol–water partition coefficient (Wildman–Crippen LogP) is 2.38. The second-order valence-corrected chi connectivity index (χ2v) is 4.63. The number of hydrogen-bond donors (Lipinski definition) is 1. The molecule has 2 rings (SSSR count). The van der Waals surface area contributed by atoms with Gasteiger partial charge in [-0.2, -0.15) is 0 Å². The standard InChI is InChI=1S/C13H18N2O/c1-8(2)12-7-16-13(15-12)10-4-5-11(14)9(3)6-10/h4-6,8,12H,7,14H2,1-3H3. The maximum atomic E-state index is 5.78. The van der Waals surface area contributed by atoms with Crippen LogP contribution in [-0.2, 0) is 4.74 Å². The smallest absolute Gasteiger partial charge is 0.216 e. The van der Waals surface area contributed by atoms with Crippen LogP contribution in [0.25, 0.3) is 0 Å². The van der Waals surface area contributed by atoms with Gasteiger partial charge in [0.2, 0.25) is 5.90 Å². The number of nitrogen functional groups attached to an aromatic ring is 1. The van der Waals surface area contributed by atoms with Crippen LogP contribution < -0.4 is 5.73 Å². The molecule has 1 aromatic carbocycles. The van der Waals surface area contributed by atoms with E-state index in [-0.39, 0.29) is 6.04 Å². The molecule has 0 aliphatic carbocycles. The summed E-state index contributed by atoms with van der Waals surface area (Å²) in [6.45, 7) is 7.01. The zero-order valence-corrected chi connectivity index (χ0v) is 10.0. The highest BCUT2D eigenvalue weighted by atomic mass is 16.5. The van der Waals surface area contributed by atoms with E-state index in [4.69, 9.17) is 10.5 Å². The van der Waals surface area contributed by atoms with Crippen LogP contribution >= 0.6 is 0 Å². The van der Waals surface area contributed by atoms with E-state index in [1.165, 1.54) is 0 Å². The number of rotatable bonds is 2. The van der Waals surface area contributed by atoms with E-state index >= 15 is 0 Å². The van der Waals surface area contributed by atoms with Crippen LogP contribution in [0.3, 0.4) is 0 Å². The van der Waals surface area contributed by atoms with Crippen LogP contribution in [0.5, 0.6) is 0 Å². The maximum Gasteiger partial charge on any atom is 0.216 e. The Morgan fingerprint density at radius 3 is 2.75 bits per heavy atom. The Kier molecular flexibility index (Phi) is 2.86. The molecule has 0 spiro atoms. The Bertz CT molecular complexity index is 424. The summed E-state index contributed by atoms with van der Waals surface area (Å²) >= 11 is 0. The van der Waals surface area contributed by atoms with Crippen LogP contribution in [0.2, 0.25) is 0 Å². The van der Waals surface area contributed by atoms with E-state index in [2.05, 4.69) is 18.8 Å². The van der Waals surface area contributed by atoms with E-state index in [1.807, 2.05) is 25.1 Å². The van der Waals surface area contributed by atoms with E-state index in [9.17, 15) is 0 Å². The summed E-state index contributed by atoms with van der Waals surface area (Å²) in [7, 11) is 0. The molecule has 0 amide bonds. The second kappa shape index (κ2) is 4.16. The summed E-state index contributed by atoms with van der Waals surface area (Å²) in [6, 6.07) is 6.17. The first-order valence-electron chi connectivity index (χ1n) is 5.65. The van der Waals surface area contributed by atoms with Crippen molar-refractivity contribution in [1.29, 1.82) is 0 Å². The van der Waals surface area contributed by atoms with Crippen molar-refractivity contribution in [3.63, 3.8) is 0 Å². The quantitative estimate of drug-likeness (QED) is 0.775. The zero-order chi connectivity index (χ0) is 11.7. The molecule has 3 heteroatoms. The molecule has 0 radical (unpaired) electrons. The van der Waals surface area contributed by atoms with E-state index < -0.39 is 0 Å². The molecule has 1 unspecified atom stereocenters. The molecule has 0 fully saturated rings. The Hall–Kier alpha value is -1.51. The lowest BCUT2D eigenvalue weighted by molar-refractivity contribution is 0.292. The SMILES string of the molecule is Cc1cc(C2=NC(C(C)C)CO2)ccc1N. The molecule has 0 saturated heterocycles. The normalized spacial score (nSPS) is 19.8. The summed E-state index contributed by atoms with van der Waals surface area (Å²) in [5.41, 5.74) is 8.68. The number of aryl methyl sites for hydroxylation is 1. The molecule has 1 aliphatic heterocycles. The Balaban J connectivity index is 2.25. The van der Waals surface area contributed by atoms with Crippen molar-refractivity contribution in [2.45, 2.75) is 26.8 Å². The van der Waals surface area contributed by atoms with Gasteiger partial charge in [0.15, 0.2) is 0 Å². The third kappa shape index (κ3) is 2.03. The predicted molar refractivity (Wildman–Crippen MR) is 66.7 cm³/mol. The van der Waals surface area contributed by atoms with Crippen molar-refractivity contribution in [1.82, 2.24) is 0 Å². The number of aliphatic imine (C=N–C) groups is 1. The number of nitrogens with two attached hydrogens (primary N) is 1.